The molecule has 11 heteroatoms. The molecule has 1 saturated carbocycles. The van der Waals surface area contributed by atoms with Crippen LogP contribution in [0.5, 0.6) is 0 Å². The Bertz CT molecular complexity index is 1540. The van der Waals surface area contributed by atoms with E-state index in [1.807, 2.05) is 30.3 Å². The maximum absolute atomic E-state index is 13.5. The first kappa shape index (κ1) is 25.8. The number of rotatable bonds is 8. The minimum atomic E-state index is -1.16. The maximum atomic E-state index is 13.5. The van der Waals surface area contributed by atoms with E-state index < -0.39 is 17.4 Å². The molecular weight excluding hydrogens is 520 g/mol. The summed E-state index contributed by atoms with van der Waals surface area (Å²) < 4.78 is 6.18. The van der Waals surface area contributed by atoms with Crippen LogP contribution in [0.2, 0.25) is 5.02 Å². The number of ether oxygens (including phenoxy) is 1. The van der Waals surface area contributed by atoms with Crippen molar-refractivity contribution in [3.05, 3.63) is 107 Å². The fraction of sp³-hybridized carbons (Fsp3) is 0.143. The number of aromatic nitrogens is 4. The average Bonchev–Trinajstić information content (AvgIpc) is 3.42. The molecule has 0 saturated heterocycles. The summed E-state index contributed by atoms with van der Waals surface area (Å²) in [5.74, 6) is -1.50. The van der Waals surface area contributed by atoms with Crippen LogP contribution >= 0.6 is 11.6 Å². The van der Waals surface area contributed by atoms with Crippen LogP contribution in [0.15, 0.2) is 85.2 Å². The largest absolute Gasteiger partial charge is 0.465 e. The van der Waals surface area contributed by atoms with Crippen molar-refractivity contribution in [2.45, 2.75) is 17.9 Å². The number of hydrogen-bond donors (Lipinski definition) is 2. The average molecular weight is 543 g/mol. The van der Waals surface area contributed by atoms with Crippen LogP contribution < -0.4 is 10.6 Å². The van der Waals surface area contributed by atoms with Gasteiger partial charge in [0, 0.05) is 28.3 Å². The third-order valence-corrected chi connectivity index (χ3v) is 6.71. The summed E-state index contributed by atoms with van der Waals surface area (Å²) in [6, 6.07) is 21.0. The SMILES string of the molecule is COC(=O)c1ccc(NC(=O)C2(NC(=O)/C=C/c3cc(Cl)ccc3-n3cnnn3)C[C@H]2c2ccccc2)cc1. The second-order valence-corrected chi connectivity index (χ2v) is 9.38. The highest BCUT2D eigenvalue weighted by atomic mass is 35.5. The molecule has 1 aliphatic rings. The van der Waals surface area contributed by atoms with Gasteiger partial charge in [-0.1, -0.05) is 41.9 Å². The smallest absolute Gasteiger partial charge is 0.337 e. The highest BCUT2D eigenvalue weighted by Crippen LogP contribution is 2.52. The summed E-state index contributed by atoms with van der Waals surface area (Å²) in [6.07, 6.45) is 4.80. The predicted molar refractivity (Wildman–Crippen MR) is 144 cm³/mol. The molecule has 1 fully saturated rings. The number of anilines is 1. The van der Waals surface area contributed by atoms with Gasteiger partial charge in [0.05, 0.1) is 18.4 Å². The quantitative estimate of drug-likeness (QED) is 0.256. The summed E-state index contributed by atoms with van der Waals surface area (Å²) in [7, 11) is 1.30. The number of carbonyl (C=O) groups is 3. The van der Waals surface area contributed by atoms with Gasteiger partial charge in [0.15, 0.2) is 0 Å². The van der Waals surface area contributed by atoms with Gasteiger partial charge in [-0.15, -0.1) is 5.10 Å². The monoisotopic (exact) mass is 542 g/mol. The number of benzene rings is 3. The third kappa shape index (κ3) is 5.55. The first-order valence-electron chi connectivity index (χ1n) is 12.0. The Balaban J connectivity index is 1.37. The summed E-state index contributed by atoms with van der Waals surface area (Å²) >= 11 is 6.18. The third-order valence-electron chi connectivity index (χ3n) is 6.48. The molecule has 0 spiro atoms. The van der Waals surface area contributed by atoms with Crippen molar-refractivity contribution >= 4 is 41.1 Å². The summed E-state index contributed by atoms with van der Waals surface area (Å²) in [6.45, 7) is 0. The second kappa shape index (κ2) is 10.9. The molecule has 2 N–H and O–H groups in total. The normalized spacial score (nSPS) is 17.9. The van der Waals surface area contributed by atoms with E-state index in [-0.39, 0.29) is 11.8 Å². The van der Waals surface area contributed by atoms with E-state index in [4.69, 9.17) is 16.3 Å². The van der Waals surface area contributed by atoms with Gasteiger partial charge < -0.3 is 15.4 Å². The molecule has 3 aromatic carbocycles. The van der Waals surface area contributed by atoms with Crippen molar-refractivity contribution < 1.29 is 19.1 Å². The Morgan fingerprint density at radius 3 is 2.54 bits per heavy atom. The molecule has 1 heterocycles. The summed E-state index contributed by atoms with van der Waals surface area (Å²) in [5, 5.41) is 17.5. The first-order chi connectivity index (χ1) is 18.9. The highest BCUT2D eigenvalue weighted by molar-refractivity contribution is 6.30. The van der Waals surface area contributed by atoms with Crippen molar-refractivity contribution in [2.24, 2.45) is 0 Å². The van der Waals surface area contributed by atoms with Gasteiger partial charge in [-0.05, 0) is 71.0 Å². The van der Waals surface area contributed by atoms with E-state index in [0.29, 0.717) is 33.9 Å². The summed E-state index contributed by atoms with van der Waals surface area (Å²) in [5.41, 5.74) is 1.87. The standard InChI is InChI=1S/C28H23ClN6O4/c1-39-26(37)19-7-11-22(12-8-19)31-27(38)28(16-23(28)18-5-3-2-4-6-18)32-25(36)14-9-20-15-21(29)10-13-24(20)35-17-30-33-34-35/h2-15,17,23H,16H2,1H3,(H,31,38)(H,32,36)/b14-9+/t23-,28?/m0/s1. The zero-order chi connectivity index (χ0) is 27.4. The van der Waals surface area contributed by atoms with Crippen molar-refractivity contribution in [2.75, 3.05) is 12.4 Å². The Kier molecular flexibility index (Phi) is 7.20. The molecule has 5 rings (SSSR count). The number of nitrogens with zero attached hydrogens (tertiary/aromatic N) is 4. The molecule has 1 aromatic heterocycles. The number of carbonyl (C=O) groups excluding carboxylic acids is 3. The van der Waals surface area contributed by atoms with Crippen molar-refractivity contribution in [1.29, 1.82) is 0 Å². The lowest BCUT2D eigenvalue weighted by molar-refractivity contribution is -0.124. The predicted octanol–water partition coefficient (Wildman–Crippen LogP) is 3.80. The van der Waals surface area contributed by atoms with Crippen molar-refractivity contribution in [3.63, 3.8) is 0 Å². The van der Waals surface area contributed by atoms with Crippen LogP contribution in [0.4, 0.5) is 5.69 Å². The van der Waals surface area contributed by atoms with E-state index in [1.165, 1.54) is 24.2 Å². The topological polar surface area (TPSA) is 128 Å². The molecule has 4 aromatic rings. The van der Waals surface area contributed by atoms with Crippen LogP contribution in [0.25, 0.3) is 11.8 Å². The number of methoxy groups -OCH3 is 1. The lowest BCUT2D eigenvalue weighted by Crippen LogP contribution is -2.47. The van der Waals surface area contributed by atoms with Crippen LogP contribution in [-0.4, -0.2) is 50.6 Å². The maximum Gasteiger partial charge on any atom is 0.337 e. The fourth-order valence-electron chi connectivity index (χ4n) is 4.41. The first-order valence-corrected chi connectivity index (χ1v) is 12.4. The lowest BCUT2D eigenvalue weighted by atomic mass is 10.0. The lowest BCUT2D eigenvalue weighted by Gasteiger charge is -2.19. The molecule has 1 unspecified atom stereocenters. The number of amides is 2. The van der Waals surface area contributed by atoms with Crippen LogP contribution in [-0.2, 0) is 14.3 Å². The molecule has 1 aliphatic carbocycles. The van der Waals surface area contributed by atoms with E-state index in [0.717, 1.165) is 5.56 Å². The van der Waals surface area contributed by atoms with Gasteiger partial charge in [0.1, 0.15) is 11.9 Å². The molecule has 0 bridgehead atoms. The molecule has 39 heavy (non-hydrogen) atoms. The number of halogens is 1. The van der Waals surface area contributed by atoms with Crippen molar-refractivity contribution in [3.8, 4) is 5.69 Å². The fourth-order valence-corrected chi connectivity index (χ4v) is 4.59. The highest BCUT2D eigenvalue weighted by Gasteiger charge is 2.61. The van der Waals surface area contributed by atoms with Gasteiger partial charge in [0.2, 0.25) is 5.91 Å². The van der Waals surface area contributed by atoms with Gasteiger partial charge in [-0.2, -0.15) is 4.68 Å². The van der Waals surface area contributed by atoms with Gasteiger partial charge in [-0.25, -0.2) is 4.79 Å². The Morgan fingerprint density at radius 1 is 1.08 bits per heavy atom. The number of nitrogens with one attached hydrogen (secondary N) is 2. The minimum absolute atomic E-state index is 0.214. The van der Waals surface area contributed by atoms with Gasteiger partial charge in [0.25, 0.3) is 5.91 Å². The van der Waals surface area contributed by atoms with E-state index in [9.17, 15) is 14.4 Å². The zero-order valence-electron chi connectivity index (χ0n) is 20.7. The van der Waals surface area contributed by atoms with Crippen LogP contribution in [0, 0.1) is 0 Å². The van der Waals surface area contributed by atoms with Crippen molar-refractivity contribution in [1.82, 2.24) is 25.5 Å². The van der Waals surface area contributed by atoms with Crippen LogP contribution in [0.1, 0.15) is 33.8 Å². The Labute approximate surface area is 228 Å². The number of esters is 1. The molecule has 2 amide bonds. The van der Waals surface area contributed by atoms with E-state index in [1.54, 1.807) is 48.5 Å². The number of hydrogen-bond acceptors (Lipinski definition) is 7. The summed E-state index contributed by atoms with van der Waals surface area (Å²) in [4.78, 5) is 38.4. The molecule has 196 valence electrons. The number of tetrazole rings is 1. The molecular formula is C28H23ClN6O4. The van der Waals surface area contributed by atoms with Gasteiger partial charge >= 0.3 is 5.97 Å². The molecule has 0 radical (unpaired) electrons. The van der Waals surface area contributed by atoms with Crippen LogP contribution in [0.3, 0.4) is 0 Å². The van der Waals surface area contributed by atoms with E-state index in [2.05, 4.69) is 26.2 Å². The molecule has 10 nitrogen and oxygen atoms in total. The van der Waals surface area contributed by atoms with Gasteiger partial charge in [-0.3, -0.25) is 9.59 Å². The Hall–Kier alpha value is -4.83. The molecule has 2 atom stereocenters. The van der Waals surface area contributed by atoms with E-state index >= 15 is 0 Å². The zero-order valence-corrected chi connectivity index (χ0v) is 21.5. The molecule has 0 aliphatic heterocycles. The minimum Gasteiger partial charge on any atom is -0.465 e. The Morgan fingerprint density at radius 2 is 1.85 bits per heavy atom. The second-order valence-electron chi connectivity index (χ2n) is 8.94.